The Bertz CT molecular complexity index is 1190. The molecule has 6 saturated carbocycles. The molecule has 242 valence electrons. The second kappa shape index (κ2) is 9.21. The molecule has 0 amide bonds. The van der Waals surface area contributed by atoms with Crippen molar-refractivity contribution in [1.82, 2.24) is 0 Å². The van der Waals surface area contributed by atoms with E-state index >= 15 is 0 Å². The topological polar surface area (TPSA) is 102 Å². The minimum atomic E-state index is -1.26. The fraction of sp³-hybridized carbons (Fsp3) is 0.944. The maximum atomic E-state index is 12.7. The zero-order valence-corrected chi connectivity index (χ0v) is 27.8. The maximum absolute atomic E-state index is 12.7. The highest BCUT2D eigenvalue weighted by atomic mass is 16.6. The van der Waals surface area contributed by atoms with Crippen molar-refractivity contribution in [3.05, 3.63) is 0 Å². The van der Waals surface area contributed by atoms with Crippen LogP contribution in [-0.2, 0) is 23.8 Å². The Balaban J connectivity index is 1.17. The van der Waals surface area contributed by atoms with Gasteiger partial charge in [-0.25, -0.2) is 0 Å². The van der Waals surface area contributed by atoms with Gasteiger partial charge in [-0.15, -0.1) is 0 Å². The Morgan fingerprint density at radius 3 is 2.23 bits per heavy atom. The van der Waals surface area contributed by atoms with Gasteiger partial charge in [-0.3, -0.25) is 9.59 Å². The molecule has 7 aliphatic rings. The minimum absolute atomic E-state index is 0.00179. The van der Waals surface area contributed by atoms with E-state index in [1.807, 2.05) is 0 Å². The fourth-order valence-corrected chi connectivity index (χ4v) is 13.1. The van der Waals surface area contributed by atoms with Gasteiger partial charge >= 0.3 is 11.9 Å². The predicted octanol–water partition coefficient (Wildman–Crippen LogP) is 5.82. The van der Waals surface area contributed by atoms with Crippen LogP contribution in [0.5, 0.6) is 0 Å². The van der Waals surface area contributed by atoms with Gasteiger partial charge in [-0.1, -0.05) is 34.6 Å². The first kappa shape index (κ1) is 30.5. The number of carbonyl (C=O) groups excluding carboxylic acids is 2. The molecule has 43 heavy (non-hydrogen) atoms. The van der Waals surface area contributed by atoms with Crippen LogP contribution in [0.3, 0.4) is 0 Å². The number of rotatable bonds is 5. The zero-order valence-electron chi connectivity index (χ0n) is 27.8. The Labute approximate surface area is 258 Å². The van der Waals surface area contributed by atoms with E-state index < -0.39 is 29.9 Å². The molecule has 2 N–H and O–H groups in total. The summed E-state index contributed by atoms with van der Waals surface area (Å²) in [6, 6.07) is 0. The molecular formula is C36H56O7. The number of aliphatic hydroxyl groups excluding tert-OH is 1. The molecule has 0 bridgehead atoms. The third kappa shape index (κ3) is 3.89. The monoisotopic (exact) mass is 600 g/mol. The predicted molar refractivity (Wildman–Crippen MR) is 161 cm³/mol. The average molecular weight is 601 g/mol. The first-order chi connectivity index (χ1) is 19.9. The summed E-state index contributed by atoms with van der Waals surface area (Å²) in [4.78, 5) is 24.7. The number of aliphatic hydroxyl groups is 2. The number of ether oxygens (including phenoxy) is 3. The van der Waals surface area contributed by atoms with Crippen molar-refractivity contribution in [3.8, 4) is 0 Å². The summed E-state index contributed by atoms with van der Waals surface area (Å²) >= 11 is 0. The Kier molecular flexibility index (Phi) is 6.53. The molecule has 0 radical (unpaired) electrons. The van der Waals surface area contributed by atoms with Crippen LogP contribution < -0.4 is 0 Å². The second-order valence-corrected chi connectivity index (χ2v) is 17.9. The van der Waals surface area contributed by atoms with Crippen molar-refractivity contribution in [2.45, 2.75) is 156 Å². The first-order valence-corrected chi connectivity index (χ1v) is 17.4. The van der Waals surface area contributed by atoms with Crippen LogP contribution in [0.1, 0.15) is 120 Å². The quantitative estimate of drug-likeness (QED) is 0.383. The van der Waals surface area contributed by atoms with Crippen LogP contribution in [0.2, 0.25) is 0 Å². The molecule has 0 unspecified atom stereocenters. The Hall–Kier alpha value is -1.18. The van der Waals surface area contributed by atoms with Gasteiger partial charge in [0.1, 0.15) is 6.10 Å². The van der Waals surface area contributed by atoms with Gasteiger partial charge in [-0.05, 0) is 118 Å². The third-order valence-electron chi connectivity index (χ3n) is 15.3. The lowest BCUT2D eigenvalue weighted by atomic mass is 9.41. The van der Waals surface area contributed by atoms with Crippen LogP contribution >= 0.6 is 0 Å². The molecule has 7 rings (SSSR count). The normalized spacial score (nSPS) is 52.0. The number of hydrogen-bond acceptors (Lipinski definition) is 7. The summed E-state index contributed by atoms with van der Waals surface area (Å²) < 4.78 is 18.7. The molecule has 7 heteroatoms. The molecule has 0 aromatic carbocycles. The van der Waals surface area contributed by atoms with Crippen molar-refractivity contribution in [2.75, 3.05) is 0 Å². The summed E-state index contributed by atoms with van der Waals surface area (Å²) in [5.41, 5.74) is -1.15. The molecule has 7 nitrogen and oxygen atoms in total. The first-order valence-electron chi connectivity index (χ1n) is 17.4. The van der Waals surface area contributed by atoms with Gasteiger partial charge in [0, 0.05) is 17.8 Å². The molecule has 0 aromatic rings. The van der Waals surface area contributed by atoms with Gasteiger partial charge in [0.25, 0.3) is 0 Å². The van der Waals surface area contributed by atoms with Crippen molar-refractivity contribution >= 4 is 11.9 Å². The molecule has 1 heterocycles. The lowest BCUT2D eigenvalue weighted by Crippen LogP contribution is -2.60. The smallest absolute Gasteiger partial charge is 0.309 e. The van der Waals surface area contributed by atoms with Crippen LogP contribution in [0, 0.1) is 56.7 Å². The van der Waals surface area contributed by atoms with Crippen molar-refractivity contribution < 1.29 is 34.0 Å². The fourth-order valence-electron chi connectivity index (χ4n) is 13.1. The van der Waals surface area contributed by atoms with Gasteiger partial charge < -0.3 is 24.4 Å². The second-order valence-electron chi connectivity index (χ2n) is 17.9. The highest BCUT2D eigenvalue weighted by Crippen LogP contribution is 2.89. The molecule has 0 aromatic heterocycles. The van der Waals surface area contributed by atoms with E-state index in [0.717, 1.165) is 44.9 Å². The van der Waals surface area contributed by atoms with Crippen molar-refractivity contribution in [1.29, 1.82) is 0 Å². The number of carbonyl (C=O) groups is 2. The van der Waals surface area contributed by atoms with Gasteiger partial charge in [0.15, 0.2) is 6.10 Å². The van der Waals surface area contributed by atoms with E-state index in [0.29, 0.717) is 18.3 Å². The highest BCUT2D eigenvalue weighted by Gasteiger charge is 2.84. The molecule has 2 spiro atoms. The lowest BCUT2D eigenvalue weighted by molar-refractivity contribution is -0.216. The highest BCUT2D eigenvalue weighted by molar-refractivity contribution is 5.75. The average Bonchev–Trinajstić information content (AvgIpc) is 3.82. The van der Waals surface area contributed by atoms with Crippen LogP contribution in [-0.4, -0.2) is 58.3 Å². The summed E-state index contributed by atoms with van der Waals surface area (Å²) in [6.07, 6.45) is 8.27. The minimum Gasteiger partial charge on any atom is -0.462 e. The molecule has 13 atom stereocenters. The largest absolute Gasteiger partial charge is 0.462 e. The number of fused-ring (bicyclic) bond motifs is 4. The van der Waals surface area contributed by atoms with Crippen LogP contribution in [0.15, 0.2) is 0 Å². The molecular weight excluding hydrogens is 544 g/mol. The summed E-state index contributed by atoms with van der Waals surface area (Å²) in [6.45, 7) is 16.5. The zero-order chi connectivity index (χ0) is 31.1. The number of esters is 2. The van der Waals surface area contributed by atoms with Gasteiger partial charge in [0.2, 0.25) is 0 Å². The number of hydrogen-bond donors (Lipinski definition) is 2. The lowest BCUT2D eigenvalue weighted by Gasteiger charge is -2.63. The maximum Gasteiger partial charge on any atom is 0.309 e. The van der Waals surface area contributed by atoms with Gasteiger partial charge in [-0.2, -0.15) is 0 Å². The summed E-state index contributed by atoms with van der Waals surface area (Å²) in [5.74, 6) is 1.16. The molecule has 6 aliphatic carbocycles. The van der Waals surface area contributed by atoms with Crippen LogP contribution in [0.25, 0.3) is 0 Å². The van der Waals surface area contributed by atoms with E-state index in [-0.39, 0.29) is 63.0 Å². The Morgan fingerprint density at radius 1 is 0.953 bits per heavy atom. The Morgan fingerprint density at radius 2 is 1.60 bits per heavy atom. The molecule has 1 saturated heterocycles. The van der Waals surface area contributed by atoms with Crippen molar-refractivity contribution in [3.63, 3.8) is 0 Å². The van der Waals surface area contributed by atoms with E-state index in [4.69, 9.17) is 14.2 Å². The standard InChI is InChI=1S/C36H56O7/c1-19-17-22(29(32(5,6)40)41-20(2)37)42-27-26(19)33(7)15-16-36-18-35(36)14-13-25(43-30(39)21-9-10-21)31(3,4)23(35)11-12-24(36)34(33,8)28(27)38/h19,21-29,38,40H,9-18H2,1-8H3/t19-,22-,23+,24+,25+,26+,27+,28+,29+,33-,34-,35-,36+/m1/s1. The third-order valence-corrected chi connectivity index (χ3v) is 15.3. The van der Waals surface area contributed by atoms with Gasteiger partial charge in [0.05, 0.1) is 29.8 Å². The molecule has 1 aliphatic heterocycles. The van der Waals surface area contributed by atoms with E-state index in [1.54, 1.807) is 13.8 Å². The van der Waals surface area contributed by atoms with Crippen LogP contribution in [0.4, 0.5) is 0 Å². The van der Waals surface area contributed by atoms with Crippen molar-refractivity contribution in [2.24, 2.45) is 56.7 Å². The summed E-state index contributed by atoms with van der Waals surface area (Å²) in [7, 11) is 0. The summed E-state index contributed by atoms with van der Waals surface area (Å²) in [5, 5.41) is 23.4. The molecule has 7 fully saturated rings. The van der Waals surface area contributed by atoms with E-state index in [2.05, 4.69) is 34.6 Å². The van der Waals surface area contributed by atoms with E-state index in [1.165, 1.54) is 19.8 Å². The van der Waals surface area contributed by atoms with E-state index in [9.17, 15) is 19.8 Å². The SMILES string of the molecule is CC(=O)O[C@@H]([C@H]1C[C@@H](C)[C@H]2[C@H](O1)[C@H](O)[C@@]1(C)[C@@H]3CC[C@H]4C(C)(C)[C@@H](OC(=O)C5CC5)CC[C@@]45C[C@@]35CC[C@]21C)C(C)(C)O.